The summed E-state index contributed by atoms with van der Waals surface area (Å²) in [5.41, 5.74) is 3.87. The molecule has 0 radical (unpaired) electrons. The standard InChI is InChI=1S/C25H22Cl3NO3/c1-15(29(2)13-24(30)31)25(18-4-6-19(26)7-5-18)22-9-3-16(11-17(22)14-32-25)21-12-20(27)8-10-23(21)28/h3-12,15H,13-14H2,1-2H3,(H,30,31). The van der Waals surface area contributed by atoms with Crippen LogP contribution in [0.1, 0.15) is 23.6 Å². The van der Waals surface area contributed by atoms with Crippen molar-refractivity contribution in [1.82, 2.24) is 4.90 Å². The monoisotopic (exact) mass is 489 g/mol. The van der Waals surface area contributed by atoms with Crippen LogP contribution in [0.25, 0.3) is 11.1 Å². The highest BCUT2D eigenvalue weighted by atomic mass is 35.5. The Morgan fingerprint density at radius 2 is 1.75 bits per heavy atom. The lowest BCUT2D eigenvalue weighted by molar-refractivity contribution is -0.140. The SMILES string of the molecule is CC(N(C)CC(=O)O)C1(c2ccc(Cl)cc2)OCc2cc(-c3cc(Cl)ccc3Cl)ccc21. The highest BCUT2D eigenvalue weighted by Gasteiger charge is 2.48. The summed E-state index contributed by atoms with van der Waals surface area (Å²) in [6.07, 6.45) is 0. The fraction of sp³-hybridized carbons (Fsp3) is 0.240. The molecule has 1 heterocycles. The zero-order valence-electron chi connectivity index (χ0n) is 17.6. The normalized spacial score (nSPS) is 18.6. The van der Waals surface area contributed by atoms with Gasteiger partial charge in [0.1, 0.15) is 5.60 Å². The molecule has 0 fully saturated rings. The Balaban J connectivity index is 1.84. The highest BCUT2D eigenvalue weighted by molar-refractivity contribution is 6.35. The molecule has 1 N–H and O–H groups in total. The summed E-state index contributed by atoms with van der Waals surface area (Å²) in [6, 6.07) is 18.7. The summed E-state index contributed by atoms with van der Waals surface area (Å²) in [7, 11) is 1.79. The molecule has 0 aliphatic carbocycles. The molecular weight excluding hydrogens is 469 g/mol. The number of hydrogen-bond acceptors (Lipinski definition) is 3. The molecule has 2 unspecified atom stereocenters. The molecule has 1 aliphatic rings. The number of fused-ring (bicyclic) bond motifs is 1. The Labute approximate surface area is 202 Å². The molecule has 0 spiro atoms. The number of hydrogen-bond donors (Lipinski definition) is 1. The van der Waals surface area contributed by atoms with Gasteiger partial charge in [0.2, 0.25) is 0 Å². The second-order valence-electron chi connectivity index (χ2n) is 8.01. The van der Waals surface area contributed by atoms with E-state index in [2.05, 4.69) is 6.07 Å². The molecule has 0 aromatic heterocycles. The average molecular weight is 491 g/mol. The lowest BCUT2D eigenvalue weighted by Gasteiger charge is -2.40. The fourth-order valence-corrected chi connectivity index (χ4v) is 4.94. The first kappa shape index (κ1) is 23.1. The van der Waals surface area contributed by atoms with Gasteiger partial charge in [0, 0.05) is 26.7 Å². The third kappa shape index (κ3) is 4.14. The first-order chi connectivity index (χ1) is 15.2. The smallest absolute Gasteiger partial charge is 0.317 e. The number of aliphatic carboxylic acids is 1. The first-order valence-corrected chi connectivity index (χ1v) is 11.3. The topological polar surface area (TPSA) is 49.8 Å². The third-order valence-electron chi connectivity index (χ3n) is 6.11. The van der Waals surface area contributed by atoms with Crippen molar-refractivity contribution in [2.75, 3.05) is 13.6 Å². The van der Waals surface area contributed by atoms with Crippen molar-refractivity contribution >= 4 is 40.8 Å². The summed E-state index contributed by atoms with van der Waals surface area (Å²) in [5.74, 6) is -0.894. The van der Waals surface area contributed by atoms with Crippen LogP contribution in [0.5, 0.6) is 0 Å². The molecule has 1 aliphatic heterocycles. The van der Waals surface area contributed by atoms with Crippen molar-refractivity contribution in [3.8, 4) is 11.1 Å². The molecule has 7 heteroatoms. The zero-order chi connectivity index (χ0) is 23.0. The van der Waals surface area contributed by atoms with E-state index < -0.39 is 11.6 Å². The fourth-order valence-electron chi connectivity index (χ4n) is 4.41. The molecule has 32 heavy (non-hydrogen) atoms. The summed E-state index contributed by atoms with van der Waals surface area (Å²) in [6.45, 7) is 2.26. The van der Waals surface area contributed by atoms with Crippen molar-refractivity contribution in [3.63, 3.8) is 0 Å². The van der Waals surface area contributed by atoms with E-state index in [-0.39, 0.29) is 12.6 Å². The first-order valence-electron chi connectivity index (χ1n) is 10.1. The number of likely N-dealkylation sites (N-methyl/N-ethyl adjacent to an activating group) is 1. The predicted octanol–water partition coefficient (Wildman–Crippen LogP) is 6.49. The average Bonchev–Trinajstić information content (AvgIpc) is 3.14. The van der Waals surface area contributed by atoms with Crippen molar-refractivity contribution in [2.24, 2.45) is 0 Å². The molecule has 4 rings (SSSR count). The van der Waals surface area contributed by atoms with Gasteiger partial charge in [-0.3, -0.25) is 9.69 Å². The van der Waals surface area contributed by atoms with Gasteiger partial charge < -0.3 is 9.84 Å². The minimum Gasteiger partial charge on any atom is -0.480 e. The van der Waals surface area contributed by atoms with E-state index in [0.717, 1.165) is 27.8 Å². The van der Waals surface area contributed by atoms with E-state index in [4.69, 9.17) is 39.5 Å². The quantitative estimate of drug-likeness (QED) is 0.429. The maximum atomic E-state index is 11.4. The number of halogens is 3. The lowest BCUT2D eigenvalue weighted by atomic mass is 9.79. The van der Waals surface area contributed by atoms with Crippen molar-refractivity contribution < 1.29 is 14.6 Å². The van der Waals surface area contributed by atoms with Crippen molar-refractivity contribution in [2.45, 2.75) is 25.2 Å². The Hall–Kier alpha value is -2.08. The maximum absolute atomic E-state index is 11.4. The molecule has 166 valence electrons. The van der Waals surface area contributed by atoms with Crippen LogP contribution in [-0.4, -0.2) is 35.6 Å². The number of carbonyl (C=O) groups is 1. The predicted molar refractivity (Wildman–Crippen MR) is 129 cm³/mol. The number of ether oxygens (including phenoxy) is 1. The number of benzene rings is 3. The van der Waals surface area contributed by atoms with E-state index in [1.807, 2.05) is 49.4 Å². The van der Waals surface area contributed by atoms with Gasteiger partial charge >= 0.3 is 5.97 Å². The van der Waals surface area contributed by atoms with Crippen LogP contribution >= 0.6 is 34.8 Å². The van der Waals surface area contributed by atoms with E-state index in [1.165, 1.54) is 0 Å². The van der Waals surface area contributed by atoms with Gasteiger partial charge in [-0.2, -0.15) is 0 Å². The Kier molecular flexibility index (Phi) is 6.53. The highest BCUT2D eigenvalue weighted by Crippen LogP contribution is 2.47. The third-order valence-corrected chi connectivity index (χ3v) is 6.92. The van der Waals surface area contributed by atoms with Crippen molar-refractivity contribution in [1.29, 1.82) is 0 Å². The summed E-state index contributed by atoms with van der Waals surface area (Å²) < 4.78 is 6.51. The largest absolute Gasteiger partial charge is 0.480 e. The molecular formula is C25H22Cl3NO3. The lowest BCUT2D eigenvalue weighted by Crippen LogP contribution is -2.49. The minimum absolute atomic E-state index is 0.106. The van der Waals surface area contributed by atoms with E-state index >= 15 is 0 Å². The number of rotatable bonds is 6. The summed E-state index contributed by atoms with van der Waals surface area (Å²) in [4.78, 5) is 13.2. The molecule has 0 bridgehead atoms. The van der Waals surface area contributed by atoms with Crippen LogP contribution in [0.4, 0.5) is 0 Å². The minimum atomic E-state index is -0.894. The molecule has 3 aromatic rings. The van der Waals surface area contributed by atoms with E-state index in [0.29, 0.717) is 21.7 Å². The van der Waals surface area contributed by atoms with Gasteiger partial charge in [0.25, 0.3) is 0 Å². The van der Waals surface area contributed by atoms with Gasteiger partial charge in [0.05, 0.1) is 13.2 Å². The van der Waals surface area contributed by atoms with Crippen LogP contribution in [-0.2, 0) is 21.7 Å². The van der Waals surface area contributed by atoms with Gasteiger partial charge in [-0.05, 0) is 72.6 Å². The second-order valence-corrected chi connectivity index (χ2v) is 9.29. The molecule has 0 amide bonds. The van der Waals surface area contributed by atoms with Crippen LogP contribution in [0.15, 0.2) is 60.7 Å². The van der Waals surface area contributed by atoms with Gasteiger partial charge in [0.15, 0.2) is 0 Å². The molecule has 2 atom stereocenters. The summed E-state index contributed by atoms with van der Waals surface area (Å²) >= 11 is 18.8. The van der Waals surface area contributed by atoms with Crippen LogP contribution < -0.4 is 0 Å². The van der Waals surface area contributed by atoms with Crippen LogP contribution in [0.2, 0.25) is 15.1 Å². The molecule has 4 nitrogen and oxygen atoms in total. The number of carboxylic acid groups (broad SMARTS) is 1. The summed E-state index contributed by atoms with van der Waals surface area (Å²) in [5, 5.41) is 11.2. The van der Waals surface area contributed by atoms with Gasteiger partial charge in [-0.1, -0.05) is 59.1 Å². The Bertz CT molecular complexity index is 1170. The Morgan fingerprint density at radius 3 is 2.44 bits per heavy atom. The van der Waals surface area contributed by atoms with Crippen LogP contribution in [0.3, 0.4) is 0 Å². The zero-order valence-corrected chi connectivity index (χ0v) is 19.9. The van der Waals surface area contributed by atoms with Gasteiger partial charge in [-0.25, -0.2) is 0 Å². The number of nitrogens with zero attached hydrogens (tertiary/aromatic N) is 1. The second kappa shape index (κ2) is 9.05. The number of carboxylic acids is 1. The maximum Gasteiger partial charge on any atom is 0.317 e. The van der Waals surface area contributed by atoms with Gasteiger partial charge in [-0.15, -0.1) is 0 Å². The Morgan fingerprint density at radius 1 is 1.06 bits per heavy atom. The molecule has 3 aromatic carbocycles. The molecule has 0 saturated carbocycles. The van der Waals surface area contributed by atoms with E-state index in [9.17, 15) is 9.90 Å². The van der Waals surface area contributed by atoms with Crippen molar-refractivity contribution in [3.05, 3.63) is 92.4 Å². The molecule has 0 saturated heterocycles. The van der Waals surface area contributed by atoms with E-state index in [1.54, 1.807) is 24.1 Å². The van der Waals surface area contributed by atoms with Crippen LogP contribution in [0, 0.1) is 0 Å².